The molecule has 0 radical (unpaired) electrons. The lowest BCUT2D eigenvalue weighted by atomic mass is 10.3. The van der Waals surface area contributed by atoms with Crippen LogP contribution in [0.25, 0.3) is 11.0 Å². The van der Waals surface area contributed by atoms with E-state index in [2.05, 4.69) is 26.8 Å². The summed E-state index contributed by atoms with van der Waals surface area (Å²) in [7, 11) is 0. The zero-order valence-electron chi connectivity index (χ0n) is 13.2. The molecule has 0 spiro atoms. The van der Waals surface area contributed by atoms with E-state index in [0.717, 1.165) is 28.3 Å². The van der Waals surface area contributed by atoms with E-state index < -0.39 is 0 Å². The van der Waals surface area contributed by atoms with Crippen LogP contribution in [0.2, 0.25) is 5.15 Å². The number of halogens is 1. The molecule has 0 saturated heterocycles. The van der Waals surface area contributed by atoms with Crippen LogP contribution in [0, 0.1) is 0 Å². The summed E-state index contributed by atoms with van der Waals surface area (Å²) >= 11 is 7.19. The van der Waals surface area contributed by atoms with Crippen LogP contribution in [0.4, 0.5) is 0 Å². The second kappa shape index (κ2) is 7.68. The minimum absolute atomic E-state index is 0.0374. The molecule has 7 heteroatoms. The first-order valence-electron chi connectivity index (χ1n) is 7.62. The molecule has 1 aromatic carbocycles. The number of imidazole rings is 1. The zero-order valence-corrected chi connectivity index (χ0v) is 14.8. The number of para-hydroxylation sites is 2. The topological polar surface area (TPSA) is 59.8 Å². The molecule has 0 aliphatic rings. The van der Waals surface area contributed by atoms with Crippen molar-refractivity contribution in [3.05, 3.63) is 53.3 Å². The van der Waals surface area contributed by atoms with E-state index in [1.807, 2.05) is 30.3 Å². The van der Waals surface area contributed by atoms with Crippen LogP contribution in [0.5, 0.6) is 0 Å². The van der Waals surface area contributed by atoms with Gasteiger partial charge in [-0.15, -0.1) is 0 Å². The van der Waals surface area contributed by atoms with Crippen LogP contribution in [0.15, 0.2) is 47.8 Å². The molecule has 0 aliphatic heterocycles. The molecule has 0 bridgehead atoms. The van der Waals surface area contributed by atoms with Gasteiger partial charge in [0.25, 0.3) is 0 Å². The number of pyridine rings is 1. The normalized spacial score (nSPS) is 10.9. The third-order valence-corrected chi connectivity index (χ3v) is 4.75. The average molecular weight is 361 g/mol. The van der Waals surface area contributed by atoms with Gasteiger partial charge in [-0.1, -0.05) is 41.6 Å². The highest BCUT2D eigenvalue weighted by molar-refractivity contribution is 7.99. The van der Waals surface area contributed by atoms with Gasteiger partial charge in [0.2, 0.25) is 5.91 Å². The SMILES string of the molecule is CCn1c(SCC(=O)NCc2ccc(Cl)nc2)nc2ccccc21. The molecule has 24 heavy (non-hydrogen) atoms. The van der Waals surface area contributed by atoms with Crippen molar-refractivity contribution in [1.82, 2.24) is 19.9 Å². The first-order chi connectivity index (χ1) is 11.7. The summed E-state index contributed by atoms with van der Waals surface area (Å²) < 4.78 is 2.12. The maximum atomic E-state index is 12.1. The predicted octanol–water partition coefficient (Wildman–Crippen LogP) is 3.51. The molecule has 3 aromatic rings. The minimum atomic E-state index is -0.0374. The van der Waals surface area contributed by atoms with Crippen LogP contribution in [0.1, 0.15) is 12.5 Å². The summed E-state index contributed by atoms with van der Waals surface area (Å²) in [6.07, 6.45) is 1.66. The third kappa shape index (κ3) is 3.88. The van der Waals surface area contributed by atoms with Crippen molar-refractivity contribution in [2.75, 3.05) is 5.75 Å². The minimum Gasteiger partial charge on any atom is -0.351 e. The van der Waals surface area contributed by atoms with Crippen molar-refractivity contribution in [1.29, 1.82) is 0 Å². The van der Waals surface area contributed by atoms with Gasteiger partial charge in [-0.25, -0.2) is 9.97 Å². The summed E-state index contributed by atoms with van der Waals surface area (Å²) in [6, 6.07) is 11.6. The maximum Gasteiger partial charge on any atom is 0.230 e. The van der Waals surface area contributed by atoms with Crippen molar-refractivity contribution < 1.29 is 4.79 Å². The summed E-state index contributed by atoms with van der Waals surface area (Å²) in [5.74, 6) is 0.286. The number of hydrogen-bond donors (Lipinski definition) is 1. The van der Waals surface area contributed by atoms with Crippen molar-refractivity contribution in [3.8, 4) is 0 Å². The molecule has 1 amide bonds. The van der Waals surface area contributed by atoms with Crippen molar-refractivity contribution >= 4 is 40.3 Å². The lowest BCUT2D eigenvalue weighted by molar-refractivity contribution is -0.118. The van der Waals surface area contributed by atoms with Crippen molar-refractivity contribution in [2.45, 2.75) is 25.2 Å². The van der Waals surface area contributed by atoms with Gasteiger partial charge in [-0.3, -0.25) is 4.79 Å². The average Bonchev–Trinajstić information content (AvgIpc) is 2.97. The number of nitrogens with one attached hydrogen (secondary N) is 1. The van der Waals surface area contributed by atoms with E-state index in [1.54, 1.807) is 12.3 Å². The van der Waals surface area contributed by atoms with Gasteiger partial charge >= 0.3 is 0 Å². The fraction of sp³-hybridized carbons (Fsp3) is 0.235. The fourth-order valence-electron chi connectivity index (χ4n) is 2.36. The number of fused-ring (bicyclic) bond motifs is 1. The molecule has 2 aromatic heterocycles. The Hall–Kier alpha value is -2.05. The number of aryl methyl sites for hydroxylation is 1. The van der Waals surface area contributed by atoms with Gasteiger partial charge in [0.15, 0.2) is 5.16 Å². The Balaban J connectivity index is 1.59. The highest BCUT2D eigenvalue weighted by Gasteiger charge is 2.11. The number of thioether (sulfide) groups is 1. The number of nitrogens with zero attached hydrogens (tertiary/aromatic N) is 3. The largest absolute Gasteiger partial charge is 0.351 e. The number of carbonyl (C=O) groups excluding carboxylic acids is 1. The highest BCUT2D eigenvalue weighted by atomic mass is 35.5. The Labute approximate surface area is 149 Å². The zero-order chi connectivity index (χ0) is 16.9. The van der Waals surface area contributed by atoms with Crippen LogP contribution in [-0.2, 0) is 17.9 Å². The molecular weight excluding hydrogens is 344 g/mol. The van der Waals surface area contributed by atoms with Gasteiger partial charge in [0, 0.05) is 19.3 Å². The smallest absolute Gasteiger partial charge is 0.230 e. The van der Waals surface area contributed by atoms with Crippen LogP contribution < -0.4 is 5.32 Å². The van der Waals surface area contributed by atoms with E-state index in [9.17, 15) is 4.79 Å². The monoisotopic (exact) mass is 360 g/mol. The van der Waals surface area contributed by atoms with Crippen molar-refractivity contribution in [2.24, 2.45) is 0 Å². The molecule has 0 aliphatic carbocycles. The highest BCUT2D eigenvalue weighted by Crippen LogP contribution is 2.23. The Morgan fingerprint density at radius 1 is 1.29 bits per heavy atom. The number of hydrogen-bond acceptors (Lipinski definition) is 4. The van der Waals surface area contributed by atoms with Gasteiger partial charge in [0.05, 0.1) is 16.8 Å². The number of aromatic nitrogens is 3. The molecule has 0 fully saturated rings. The fourth-order valence-corrected chi connectivity index (χ4v) is 3.38. The van der Waals surface area contributed by atoms with Crippen LogP contribution in [0.3, 0.4) is 0 Å². The van der Waals surface area contributed by atoms with Gasteiger partial charge in [-0.2, -0.15) is 0 Å². The molecule has 1 N–H and O–H groups in total. The molecule has 0 saturated carbocycles. The third-order valence-electron chi connectivity index (χ3n) is 3.55. The Bertz CT molecular complexity index is 847. The number of carbonyl (C=O) groups is 1. The standard InChI is InChI=1S/C17H17ClN4OS/c1-2-22-14-6-4-3-5-13(14)21-17(22)24-11-16(23)20-10-12-7-8-15(18)19-9-12/h3-9H,2,10-11H2,1H3,(H,20,23). The molecular formula is C17H17ClN4OS. The van der Waals surface area contributed by atoms with Gasteiger partial charge in [0.1, 0.15) is 5.15 Å². The number of rotatable bonds is 6. The van der Waals surface area contributed by atoms with Crippen LogP contribution in [-0.4, -0.2) is 26.2 Å². The van der Waals surface area contributed by atoms with Crippen LogP contribution >= 0.6 is 23.4 Å². The Morgan fingerprint density at radius 2 is 2.12 bits per heavy atom. The van der Waals surface area contributed by atoms with E-state index in [0.29, 0.717) is 17.5 Å². The second-order valence-electron chi connectivity index (χ2n) is 5.18. The lowest BCUT2D eigenvalue weighted by Crippen LogP contribution is -2.24. The van der Waals surface area contributed by atoms with E-state index in [1.165, 1.54) is 11.8 Å². The molecule has 0 unspecified atom stereocenters. The lowest BCUT2D eigenvalue weighted by Gasteiger charge is -2.07. The Kier molecular flexibility index (Phi) is 5.37. The van der Waals surface area contributed by atoms with Crippen molar-refractivity contribution in [3.63, 3.8) is 0 Å². The maximum absolute atomic E-state index is 12.1. The number of amides is 1. The second-order valence-corrected chi connectivity index (χ2v) is 6.51. The van der Waals surface area contributed by atoms with E-state index >= 15 is 0 Å². The summed E-state index contributed by atoms with van der Waals surface area (Å²) in [5, 5.41) is 4.19. The summed E-state index contributed by atoms with van der Waals surface area (Å²) in [4.78, 5) is 20.7. The summed E-state index contributed by atoms with van der Waals surface area (Å²) in [6.45, 7) is 3.33. The first-order valence-corrected chi connectivity index (χ1v) is 8.99. The molecule has 124 valence electrons. The predicted molar refractivity (Wildman–Crippen MR) is 97.2 cm³/mol. The quantitative estimate of drug-likeness (QED) is 0.539. The molecule has 0 atom stereocenters. The van der Waals surface area contributed by atoms with E-state index in [-0.39, 0.29) is 5.91 Å². The first kappa shape index (κ1) is 16.8. The summed E-state index contributed by atoms with van der Waals surface area (Å²) in [5.41, 5.74) is 2.96. The Morgan fingerprint density at radius 3 is 2.88 bits per heavy atom. The molecule has 5 nitrogen and oxygen atoms in total. The molecule has 2 heterocycles. The van der Waals surface area contributed by atoms with E-state index in [4.69, 9.17) is 11.6 Å². The molecule has 3 rings (SSSR count). The number of benzene rings is 1. The van der Waals surface area contributed by atoms with Gasteiger partial charge < -0.3 is 9.88 Å². The van der Waals surface area contributed by atoms with Gasteiger partial charge in [-0.05, 0) is 30.7 Å².